The molecule has 0 aromatic carbocycles. The minimum atomic E-state index is 0.934. The van der Waals surface area contributed by atoms with Crippen molar-refractivity contribution in [2.24, 2.45) is 23.2 Å². The fraction of sp³-hybridized carbons (Fsp3) is 1.00. The Bertz CT molecular complexity index is 192. The Labute approximate surface area is 75.7 Å². The van der Waals surface area contributed by atoms with Crippen molar-refractivity contribution in [3.63, 3.8) is 0 Å². The van der Waals surface area contributed by atoms with Crippen LogP contribution in [-0.4, -0.2) is 0 Å². The molecule has 0 aromatic heterocycles. The first-order valence-corrected chi connectivity index (χ1v) is 5.80. The monoisotopic (exact) mass is 164 g/mol. The molecule has 68 valence electrons. The van der Waals surface area contributed by atoms with Crippen LogP contribution in [0.5, 0.6) is 0 Å². The van der Waals surface area contributed by atoms with Crippen LogP contribution < -0.4 is 0 Å². The summed E-state index contributed by atoms with van der Waals surface area (Å²) in [5.41, 5.74) is 0.934. The van der Waals surface area contributed by atoms with Crippen molar-refractivity contribution >= 4 is 0 Å². The number of fused-ring (bicyclic) bond motifs is 1. The van der Waals surface area contributed by atoms with Gasteiger partial charge in [0.1, 0.15) is 0 Å². The first-order valence-electron chi connectivity index (χ1n) is 5.80. The molecule has 0 heterocycles. The third-order valence-electron chi connectivity index (χ3n) is 5.06. The molecule has 3 aliphatic carbocycles. The molecule has 0 N–H and O–H groups in total. The van der Waals surface area contributed by atoms with Crippen LogP contribution in [0.3, 0.4) is 0 Å². The first-order chi connectivity index (χ1) is 5.80. The second-order valence-corrected chi connectivity index (χ2v) is 5.67. The minimum absolute atomic E-state index is 0.934. The van der Waals surface area contributed by atoms with E-state index in [1.54, 1.807) is 32.1 Å². The van der Waals surface area contributed by atoms with Crippen molar-refractivity contribution in [3.05, 3.63) is 0 Å². The molecule has 0 heteroatoms. The van der Waals surface area contributed by atoms with Gasteiger partial charge in [0, 0.05) is 0 Å². The zero-order valence-electron chi connectivity index (χ0n) is 8.18. The van der Waals surface area contributed by atoms with Crippen molar-refractivity contribution in [2.75, 3.05) is 0 Å². The Balaban J connectivity index is 1.61. The van der Waals surface area contributed by atoms with E-state index in [0.29, 0.717) is 0 Å². The Morgan fingerprint density at radius 1 is 1.25 bits per heavy atom. The summed E-state index contributed by atoms with van der Waals surface area (Å²) >= 11 is 0. The van der Waals surface area contributed by atoms with Crippen LogP contribution >= 0.6 is 0 Å². The Hall–Kier alpha value is 0. The maximum atomic E-state index is 2.48. The maximum absolute atomic E-state index is 2.48. The highest BCUT2D eigenvalue weighted by Gasteiger charge is 2.61. The van der Waals surface area contributed by atoms with Crippen LogP contribution in [0, 0.1) is 23.2 Å². The molecule has 12 heavy (non-hydrogen) atoms. The van der Waals surface area contributed by atoms with Gasteiger partial charge in [-0.2, -0.15) is 0 Å². The van der Waals surface area contributed by atoms with Crippen LogP contribution in [0.4, 0.5) is 0 Å². The van der Waals surface area contributed by atoms with Crippen LogP contribution in [0.1, 0.15) is 51.9 Å². The molecule has 0 aliphatic heterocycles. The van der Waals surface area contributed by atoms with Crippen molar-refractivity contribution in [1.82, 2.24) is 0 Å². The van der Waals surface area contributed by atoms with Gasteiger partial charge in [0.05, 0.1) is 0 Å². The lowest BCUT2D eigenvalue weighted by atomic mass is 9.76. The normalized spacial score (nSPS) is 56.2. The van der Waals surface area contributed by atoms with Gasteiger partial charge >= 0.3 is 0 Å². The molecule has 3 fully saturated rings. The minimum Gasteiger partial charge on any atom is -0.0622 e. The second-order valence-electron chi connectivity index (χ2n) is 5.67. The standard InChI is InChI=1S/C12H20/c1-9-3-2-4-10(9)7-12-6-5-11(12)8-12/h9-11H,2-8H2,1H3. The largest absolute Gasteiger partial charge is 0.0622 e. The van der Waals surface area contributed by atoms with E-state index >= 15 is 0 Å². The molecule has 0 bridgehead atoms. The van der Waals surface area contributed by atoms with Gasteiger partial charge in [-0.1, -0.05) is 26.2 Å². The summed E-state index contributed by atoms with van der Waals surface area (Å²) in [5, 5.41) is 0. The van der Waals surface area contributed by atoms with Gasteiger partial charge in [0.2, 0.25) is 0 Å². The summed E-state index contributed by atoms with van der Waals surface area (Å²) in [7, 11) is 0. The van der Waals surface area contributed by atoms with Gasteiger partial charge in [0.25, 0.3) is 0 Å². The topological polar surface area (TPSA) is 0 Å². The van der Waals surface area contributed by atoms with Crippen LogP contribution in [-0.2, 0) is 0 Å². The van der Waals surface area contributed by atoms with Gasteiger partial charge < -0.3 is 0 Å². The van der Waals surface area contributed by atoms with Gasteiger partial charge in [-0.15, -0.1) is 0 Å². The summed E-state index contributed by atoms with van der Waals surface area (Å²) in [6.07, 6.45) is 11.0. The van der Waals surface area contributed by atoms with E-state index in [1.165, 1.54) is 18.8 Å². The summed E-state index contributed by atoms with van der Waals surface area (Å²) in [6.45, 7) is 2.48. The lowest BCUT2D eigenvalue weighted by Gasteiger charge is -2.29. The van der Waals surface area contributed by atoms with E-state index in [9.17, 15) is 0 Å². The van der Waals surface area contributed by atoms with E-state index in [1.807, 2.05) is 0 Å². The molecular weight excluding hydrogens is 144 g/mol. The highest BCUT2D eigenvalue weighted by Crippen LogP contribution is 2.71. The van der Waals surface area contributed by atoms with Crippen molar-refractivity contribution < 1.29 is 0 Å². The van der Waals surface area contributed by atoms with Gasteiger partial charge in [-0.3, -0.25) is 0 Å². The maximum Gasteiger partial charge on any atom is -0.0263 e. The molecular formula is C12H20. The van der Waals surface area contributed by atoms with Gasteiger partial charge in [-0.25, -0.2) is 0 Å². The predicted octanol–water partition coefficient (Wildman–Crippen LogP) is 3.61. The van der Waals surface area contributed by atoms with Gasteiger partial charge in [-0.05, 0) is 48.9 Å². The quantitative estimate of drug-likeness (QED) is 0.585. The fourth-order valence-corrected chi connectivity index (χ4v) is 3.79. The third kappa shape index (κ3) is 0.900. The molecule has 3 rings (SSSR count). The van der Waals surface area contributed by atoms with Crippen LogP contribution in [0.2, 0.25) is 0 Å². The van der Waals surface area contributed by atoms with Crippen molar-refractivity contribution in [2.45, 2.75) is 51.9 Å². The van der Waals surface area contributed by atoms with Gasteiger partial charge in [0.15, 0.2) is 0 Å². The van der Waals surface area contributed by atoms with E-state index in [-0.39, 0.29) is 0 Å². The summed E-state index contributed by atoms with van der Waals surface area (Å²) < 4.78 is 0. The number of hydrogen-bond acceptors (Lipinski definition) is 0. The smallest absolute Gasteiger partial charge is 0.0263 e. The molecule has 0 nitrogen and oxygen atoms in total. The van der Waals surface area contributed by atoms with Crippen molar-refractivity contribution in [3.8, 4) is 0 Å². The Morgan fingerprint density at radius 3 is 2.58 bits per heavy atom. The van der Waals surface area contributed by atoms with E-state index in [0.717, 1.165) is 17.3 Å². The molecule has 3 aliphatic rings. The van der Waals surface area contributed by atoms with E-state index in [4.69, 9.17) is 0 Å². The fourth-order valence-electron chi connectivity index (χ4n) is 3.79. The summed E-state index contributed by atoms with van der Waals surface area (Å²) in [5.74, 6) is 3.38. The van der Waals surface area contributed by atoms with Crippen LogP contribution in [0.25, 0.3) is 0 Å². The Kier molecular flexibility index (Phi) is 1.40. The predicted molar refractivity (Wildman–Crippen MR) is 50.9 cm³/mol. The number of hydrogen-bond donors (Lipinski definition) is 0. The SMILES string of the molecule is CC1CCCC1CC12CCC1C2. The number of rotatable bonds is 2. The Morgan fingerprint density at radius 2 is 2.17 bits per heavy atom. The second kappa shape index (κ2) is 2.27. The molecule has 0 saturated heterocycles. The molecule has 0 amide bonds. The lowest BCUT2D eigenvalue weighted by molar-refractivity contribution is 0.207. The zero-order chi connectivity index (χ0) is 8.18. The lowest BCUT2D eigenvalue weighted by Crippen LogP contribution is -2.20. The molecule has 0 aromatic rings. The molecule has 0 spiro atoms. The van der Waals surface area contributed by atoms with Crippen molar-refractivity contribution in [1.29, 1.82) is 0 Å². The molecule has 3 saturated carbocycles. The zero-order valence-corrected chi connectivity index (χ0v) is 8.18. The molecule has 4 unspecified atom stereocenters. The van der Waals surface area contributed by atoms with E-state index in [2.05, 4.69) is 6.92 Å². The average molecular weight is 164 g/mol. The molecule has 4 atom stereocenters. The highest BCUT2D eigenvalue weighted by atomic mass is 14.7. The average Bonchev–Trinajstić information content (AvgIpc) is 2.45. The van der Waals surface area contributed by atoms with Crippen LogP contribution in [0.15, 0.2) is 0 Å². The highest BCUT2D eigenvalue weighted by molar-refractivity contribution is 5.11. The van der Waals surface area contributed by atoms with E-state index < -0.39 is 0 Å². The molecule has 0 radical (unpaired) electrons. The summed E-state index contributed by atoms with van der Waals surface area (Å²) in [4.78, 5) is 0. The summed E-state index contributed by atoms with van der Waals surface area (Å²) in [6, 6.07) is 0. The first kappa shape index (κ1) is 7.41. The third-order valence-corrected chi connectivity index (χ3v) is 5.06.